The number of anilines is 1. The van der Waals surface area contributed by atoms with Gasteiger partial charge in [-0.1, -0.05) is 96.2 Å². The van der Waals surface area contributed by atoms with Gasteiger partial charge in [-0.3, -0.25) is 9.36 Å². The highest BCUT2D eigenvalue weighted by molar-refractivity contribution is 7.99. The van der Waals surface area contributed by atoms with Crippen LogP contribution in [0, 0.1) is 0 Å². The molecule has 0 fully saturated rings. The van der Waals surface area contributed by atoms with E-state index in [1.807, 2.05) is 71.3 Å². The molecule has 1 heterocycles. The molecule has 9 heteroatoms. The second-order valence-electron chi connectivity index (χ2n) is 8.05. The zero-order valence-electron chi connectivity index (χ0n) is 19.7. The highest BCUT2D eigenvalue weighted by Gasteiger charge is 2.16. The minimum absolute atomic E-state index is 0.127. The molecule has 37 heavy (non-hydrogen) atoms. The maximum atomic E-state index is 12.4. The van der Waals surface area contributed by atoms with Gasteiger partial charge >= 0.3 is 0 Å². The van der Waals surface area contributed by atoms with Crippen LogP contribution in [0.15, 0.2) is 107 Å². The number of thioether (sulfide) groups is 1. The fraction of sp³-hybridized carbons (Fsp3) is 0.0714. The van der Waals surface area contributed by atoms with E-state index in [0.717, 1.165) is 33.5 Å². The molecule has 5 rings (SSSR count). The first-order chi connectivity index (χ1) is 18.2. The number of carbonyl (C=O) groups excluding carboxylic acids is 1. The summed E-state index contributed by atoms with van der Waals surface area (Å²) in [6, 6.07) is 31.5. The number of nitrogens with one attached hydrogen (secondary N) is 2. The van der Waals surface area contributed by atoms with Crippen LogP contribution in [0.3, 0.4) is 0 Å². The molecule has 0 aliphatic carbocycles. The number of hydrogen-bond acceptors (Lipinski definition) is 6. The van der Waals surface area contributed by atoms with E-state index in [2.05, 4.69) is 50.3 Å². The molecule has 4 aromatic carbocycles. The number of carbonyl (C=O) groups is 1. The Labute approximate surface area is 223 Å². The summed E-state index contributed by atoms with van der Waals surface area (Å²) in [6.45, 7) is 0.463. The van der Waals surface area contributed by atoms with Crippen LogP contribution >= 0.6 is 23.4 Å². The molecule has 0 atom stereocenters. The first-order valence-electron chi connectivity index (χ1n) is 11.6. The maximum Gasteiger partial charge on any atom is 0.250 e. The van der Waals surface area contributed by atoms with Crippen molar-refractivity contribution in [3.05, 3.63) is 113 Å². The number of aromatic nitrogens is 3. The Balaban J connectivity index is 1.30. The maximum absolute atomic E-state index is 12.4. The average molecular weight is 527 g/mol. The molecule has 0 radical (unpaired) electrons. The van der Waals surface area contributed by atoms with Crippen molar-refractivity contribution in [2.45, 2.75) is 11.7 Å². The monoisotopic (exact) mass is 526 g/mol. The van der Waals surface area contributed by atoms with Gasteiger partial charge < -0.3 is 5.32 Å². The lowest BCUT2D eigenvalue weighted by Gasteiger charge is -2.12. The minimum Gasteiger partial charge on any atom is -0.377 e. The number of rotatable bonds is 9. The van der Waals surface area contributed by atoms with Crippen LogP contribution < -0.4 is 10.7 Å². The van der Waals surface area contributed by atoms with Gasteiger partial charge in [-0.25, -0.2) is 5.43 Å². The van der Waals surface area contributed by atoms with Gasteiger partial charge in [-0.05, 0) is 29.7 Å². The number of hydrogen-bond donors (Lipinski definition) is 2. The molecule has 0 aliphatic rings. The van der Waals surface area contributed by atoms with Crippen LogP contribution in [0.25, 0.3) is 16.5 Å². The summed E-state index contributed by atoms with van der Waals surface area (Å²) in [5.41, 5.74) is 5.20. The van der Waals surface area contributed by atoms with Crippen molar-refractivity contribution < 1.29 is 4.79 Å². The van der Waals surface area contributed by atoms with Crippen LogP contribution in [-0.4, -0.2) is 32.6 Å². The quantitative estimate of drug-likeness (QED) is 0.141. The topological polar surface area (TPSA) is 84.2 Å². The molecule has 5 aromatic rings. The van der Waals surface area contributed by atoms with E-state index in [4.69, 9.17) is 11.6 Å². The fourth-order valence-electron chi connectivity index (χ4n) is 3.81. The summed E-state index contributed by atoms with van der Waals surface area (Å²) < 4.78 is 1.96. The summed E-state index contributed by atoms with van der Waals surface area (Å²) in [5.74, 6) is 0.604. The van der Waals surface area contributed by atoms with Gasteiger partial charge in [0.25, 0.3) is 5.91 Å². The van der Waals surface area contributed by atoms with Crippen LogP contribution in [0.1, 0.15) is 11.4 Å². The number of fused-ring (bicyclic) bond motifs is 1. The Morgan fingerprint density at radius 3 is 2.54 bits per heavy atom. The van der Waals surface area contributed by atoms with Crippen LogP contribution in [0.2, 0.25) is 5.02 Å². The molecule has 184 valence electrons. The van der Waals surface area contributed by atoms with Gasteiger partial charge in [0.1, 0.15) is 0 Å². The highest BCUT2D eigenvalue weighted by atomic mass is 35.5. The predicted molar refractivity (Wildman–Crippen MR) is 151 cm³/mol. The molecule has 0 saturated heterocycles. The number of para-hydroxylation sites is 1. The normalized spacial score (nSPS) is 11.2. The van der Waals surface area contributed by atoms with Crippen molar-refractivity contribution in [3.8, 4) is 5.69 Å². The third-order valence-corrected chi connectivity index (χ3v) is 6.84. The lowest BCUT2D eigenvalue weighted by Crippen LogP contribution is -2.20. The molecule has 7 nitrogen and oxygen atoms in total. The molecule has 2 N–H and O–H groups in total. The van der Waals surface area contributed by atoms with Crippen molar-refractivity contribution in [2.75, 3.05) is 11.1 Å². The minimum atomic E-state index is -0.258. The molecule has 0 aliphatic heterocycles. The van der Waals surface area contributed by atoms with E-state index in [-0.39, 0.29) is 11.7 Å². The van der Waals surface area contributed by atoms with Gasteiger partial charge in [0, 0.05) is 27.3 Å². The van der Waals surface area contributed by atoms with Crippen LogP contribution in [0.5, 0.6) is 0 Å². The summed E-state index contributed by atoms with van der Waals surface area (Å²) in [4.78, 5) is 12.4. The van der Waals surface area contributed by atoms with Gasteiger partial charge in [0.05, 0.1) is 18.5 Å². The predicted octanol–water partition coefficient (Wildman–Crippen LogP) is 5.93. The third kappa shape index (κ3) is 5.99. The van der Waals surface area contributed by atoms with Gasteiger partial charge in [-0.2, -0.15) is 5.10 Å². The summed E-state index contributed by atoms with van der Waals surface area (Å²) in [5, 5.41) is 19.8. The first-order valence-corrected chi connectivity index (χ1v) is 13.0. The number of nitrogens with zero attached hydrogens (tertiary/aromatic N) is 4. The Kier molecular flexibility index (Phi) is 7.78. The zero-order valence-corrected chi connectivity index (χ0v) is 21.3. The number of hydrazone groups is 1. The largest absolute Gasteiger partial charge is 0.377 e. The Bertz CT molecular complexity index is 1550. The number of benzene rings is 4. The molecule has 1 amide bonds. The van der Waals surface area contributed by atoms with Crippen molar-refractivity contribution in [2.24, 2.45) is 5.10 Å². The molecule has 0 spiro atoms. The second-order valence-corrected chi connectivity index (χ2v) is 9.40. The third-order valence-electron chi connectivity index (χ3n) is 5.57. The van der Waals surface area contributed by atoms with E-state index in [0.29, 0.717) is 16.7 Å². The first kappa shape index (κ1) is 24.5. The number of halogens is 1. The molecule has 0 unspecified atom stereocenters. The van der Waals surface area contributed by atoms with E-state index in [9.17, 15) is 4.79 Å². The lowest BCUT2D eigenvalue weighted by molar-refractivity contribution is -0.118. The SMILES string of the molecule is O=C(CSc1nnc(CNc2cccc3ccccc23)n1-c1ccccc1)NN=Cc1ccccc1Cl. The molecule has 0 bridgehead atoms. The Hall–Kier alpha value is -4.14. The zero-order chi connectivity index (χ0) is 25.5. The molecule has 0 saturated carbocycles. The average Bonchev–Trinajstić information content (AvgIpc) is 3.35. The van der Waals surface area contributed by atoms with Crippen LogP contribution in [-0.2, 0) is 11.3 Å². The van der Waals surface area contributed by atoms with Crippen LogP contribution in [0.4, 0.5) is 5.69 Å². The van der Waals surface area contributed by atoms with E-state index < -0.39 is 0 Å². The highest BCUT2D eigenvalue weighted by Crippen LogP contribution is 2.25. The van der Waals surface area contributed by atoms with Crippen molar-refractivity contribution in [1.29, 1.82) is 0 Å². The second kappa shape index (κ2) is 11.7. The van der Waals surface area contributed by atoms with Crippen molar-refractivity contribution in [1.82, 2.24) is 20.2 Å². The smallest absolute Gasteiger partial charge is 0.250 e. The van der Waals surface area contributed by atoms with E-state index >= 15 is 0 Å². The molecular formula is C28H23ClN6OS. The van der Waals surface area contributed by atoms with Gasteiger partial charge in [-0.15, -0.1) is 10.2 Å². The van der Waals surface area contributed by atoms with Crippen molar-refractivity contribution >= 4 is 51.9 Å². The standard InChI is InChI=1S/C28H23ClN6OS/c29-24-15-7-5-10-21(24)17-31-33-27(36)19-37-28-34-32-26(35(28)22-12-2-1-3-13-22)18-30-25-16-8-11-20-9-4-6-14-23(20)25/h1-17,30H,18-19H2,(H,33,36). The molecule has 1 aromatic heterocycles. The summed E-state index contributed by atoms with van der Waals surface area (Å²) >= 11 is 7.42. The van der Waals surface area contributed by atoms with E-state index in [1.165, 1.54) is 18.0 Å². The molecular weight excluding hydrogens is 504 g/mol. The van der Waals surface area contributed by atoms with E-state index in [1.54, 1.807) is 6.07 Å². The Morgan fingerprint density at radius 1 is 0.919 bits per heavy atom. The summed E-state index contributed by atoms with van der Waals surface area (Å²) in [6.07, 6.45) is 1.52. The van der Waals surface area contributed by atoms with Gasteiger partial charge in [0.2, 0.25) is 0 Å². The van der Waals surface area contributed by atoms with Gasteiger partial charge in [0.15, 0.2) is 11.0 Å². The number of amides is 1. The summed E-state index contributed by atoms with van der Waals surface area (Å²) in [7, 11) is 0. The fourth-order valence-corrected chi connectivity index (χ4v) is 4.76. The lowest BCUT2D eigenvalue weighted by atomic mass is 10.1. The Morgan fingerprint density at radius 2 is 1.68 bits per heavy atom. The van der Waals surface area contributed by atoms with Crippen molar-refractivity contribution in [3.63, 3.8) is 0 Å².